The second-order valence-corrected chi connectivity index (χ2v) is 6.47. The number of aromatic nitrogens is 3. The molecular weight excluding hydrogens is 524 g/mol. The SMILES string of the molecule is CN=C(NCCc1noc(-c2ccccn2)n1)NC(C)c1cccc(C(F)(F)F)c1.I. The van der Waals surface area contributed by atoms with E-state index in [0.29, 0.717) is 41.9 Å². The lowest BCUT2D eigenvalue weighted by Crippen LogP contribution is -2.39. The van der Waals surface area contributed by atoms with E-state index in [1.165, 1.54) is 6.07 Å². The highest BCUT2D eigenvalue weighted by Crippen LogP contribution is 2.30. The van der Waals surface area contributed by atoms with Gasteiger partial charge >= 0.3 is 6.18 Å². The maximum absolute atomic E-state index is 12.9. The molecule has 0 aliphatic carbocycles. The van der Waals surface area contributed by atoms with Crippen LogP contribution in [-0.2, 0) is 12.6 Å². The zero-order valence-electron chi connectivity index (χ0n) is 16.8. The third-order valence-electron chi connectivity index (χ3n) is 4.28. The van der Waals surface area contributed by atoms with Crippen LogP contribution in [0.4, 0.5) is 13.2 Å². The van der Waals surface area contributed by atoms with Crippen LogP contribution in [0, 0.1) is 0 Å². The highest BCUT2D eigenvalue weighted by atomic mass is 127. The fourth-order valence-corrected chi connectivity index (χ4v) is 2.71. The van der Waals surface area contributed by atoms with Gasteiger partial charge in [-0.2, -0.15) is 18.2 Å². The minimum absolute atomic E-state index is 0. The summed E-state index contributed by atoms with van der Waals surface area (Å²) in [6.07, 6.45) is -2.27. The predicted octanol–water partition coefficient (Wildman–Crippen LogP) is 4.24. The van der Waals surface area contributed by atoms with E-state index in [1.54, 1.807) is 38.4 Å². The summed E-state index contributed by atoms with van der Waals surface area (Å²) >= 11 is 0. The van der Waals surface area contributed by atoms with Gasteiger partial charge in [0.05, 0.1) is 11.6 Å². The van der Waals surface area contributed by atoms with Crippen molar-refractivity contribution in [3.05, 3.63) is 65.6 Å². The number of guanidine groups is 1. The Labute approximate surface area is 194 Å². The number of nitrogens with one attached hydrogen (secondary N) is 2. The third kappa shape index (κ3) is 6.91. The quantitative estimate of drug-likeness (QED) is 0.273. The van der Waals surface area contributed by atoms with Crippen LogP contribution in [-0.4, -0.2) is 34.7 Å². The molecule has 3 rings (SSSR count). The van der Waals surface area contributed by atoms with E-state index in [4.69, 9.17) is 4.52 Å². The highest BCUT2D eigenvalue weighted by molar-refractivity contribution is 14.0. The standard InChI is InChI=1S/C20H21F3N6O.HI/c1-13(14-6-5-7-15(12-14)20(21,22)23)27-19(24-2)26-11-9-17-28-18(30-29-17)16-8-3-4-10-25-16;/h3-8,10,12-13H,9,11H2,1-2H3,(H2,24,26,27);1H. The fraction of sp³-hybridized carbons (Fsp3) is 0.300. The monoisotopic (exact) mass is 546 g/mol. The molecule has 31 heavy (non-hydrogen) atoms. The lowest BCUT2D eigenvalue weighted by atomic mass is 10.1. The van der Waals surface area contributed by atoms with Gasteiger partial charge in [-0.05, 0) is 36.8 Å². The van der Waals surface area contributed by atoms with E-state index in [-0.39, 0.29) is 30.0 Å². The van der Waals surface area contributed by atoms with Crippen molar-refractivity contribution in [1.82, 2.24) is 25.8 Å². The molecule has 0 aliphatic heterocycles. The molecule has 2 heterocycles. The van der Waals surface area contributed by atoms with Gasteiger partial charge < -0.3 is 15.2 Å². The first kappa shape index (κ1) is 24.6. The van der Waals surface area contributed by atoms with Crippen LogP contribution in [0.25, 0.3) is 11.6 Å². The summed E-state index contributed by atoms with van der Waals surface area (Å²) in [5.74, 6) is 1.30. The van der Waals surface area contributed by atoms with E-state index in [2.05, 4.69) is 30.8 Å². The molecule has 1 aromatic carbocycles. The summed E-state index contributed by atoms with van der Waals surface area (Å²) in [6.45, 7) is 2.22. The number of hydrogen-bond donors (Lipinski definition) is 2. The molecule has 0 bridgehead atoms. The number of nitrogens with zero attached hydrogens (tertiary/aromatic N) is 4. The first-order valence-corrected chi connectivity index (χ1v) is 9.25. The van der Waals surface area contributed by atoms with E-state index < -0.39 is 11.7 Å². The lowest BCUT2D eigenvalue weighted by Gasteiger charge is -2.19. The van der Waals surface area contributed by atoms with Crippen LogP contribution in [0.15, 0.2) is 58.2 Å². The molecule has 1 unspecified atom stereocenters. The summed E-state index contributed by atoms with van der Waals surface area (Å²) in [5.41, 5.74) is 0.417. The van der Waals surface area contributed by atoms with Crippen molar-refractivity contribution in [2.45, 2.75) is 25.6 Å². The molecule has 0 fully saturated rings. The molecule has 7 nitrogen and oxygen atoms in total. The van der Waals surface area contributed by atoms with E-state index >= 15 is 0 Å². The normalized spacial score (nSPS) is 12.7. The zero-order valence-corrected chi connectivity index (χ0v) is 19.2. The second kappa shape index (κ2) is 11.1. The molecule has 3 aromatic rings. The van der Waals surface area contributed by atoms with Gasteiger partial charge in [0.1, 0.15) is 5.69 Å². The van der Waals surface area contributed by atoms with Gasteiger partial charge in [-0.25, -0.2) is 0 Å². The number of benzene rings is 1. The van der Waals surface area contributed by atoms with Gasteiger partial charge in [-0.3, -0.25) is 9.98 Å². The molecule has 2 aromatic heterocycles. The lowest BCUT2D eigenvalue weighted by molar-refractivity contribution is -0.137. The Morgan fingerprint density at radius 3 is 2.68 bits per heavy atom. The molecule has 0 saturated heterocycles. The van der Waals surface area contributed by atoms with Gasteiger partial charge in [-0.15, -0.1) is 24.0 Å². The smallest absolute Gasteiger partial charge is 0.356 e. The van der Waals surface area contributed by atoms with Crippen molar-refractivity contribution in [2.24, 2.45) is 4.99 Å². The molecule has 0 amide bonds. The maximum Gasteiger partial charge on any atom is 0.416 e. The van der Waals surface area contributed by atoms with Gasteiger partial charge in [0.25, 0.3) is 5.89 Å². The summed E-state index contributed by atoms with van der Waals surface area (Å²) in [6, 6.07) is 10.2. The Balaban J connectivity index is 0.00000341. The zero-order chi connectivity index (χ0) is 21.6. The average Bonchev–Trinajstić information content (AvgIpc) is 3.22. The Morgan fingerprint density at radius 2 is 2.00 bits per heavy atom. The number of halogens is 4. The van der Waals surface area contributed by atoms with Gasteiger partial charge in [-0.1, -0.05) is 23.4 Å². The molecule has 11 heteroatoms. The maximum atomic E-state index is 12.9. The first-order valence-electron chi connectivity index (χ1n) is 9.25. The Bertz CT molecular complexity index is 994. The van der Waals surface area contributed by atoms with Crippen LogP contribution in [0.1, 0.15) is 29.9 Å². The molecule has 0 radical (unpaired) electrons. The van der Waals surface area contributed by atoms with Crippen LogP contribution in [0.2, 0.25) is 0 Å². The van der Waals surface area contributed by atoms with Crippen LogP contribution in [0.3, 0.4) is 0 Å². The van der Waals surface area contributed by atoms with Crippen LogP contribution >= 0.6 is 24.0 Å². The molecule has 166 valence electrons. The molecule has 0 spiro atoms. The molecule has 1 atom stereocenters. The van der Waals surface area contributed by atoms with Gasteiger partial charge in [0, 0.05) is 26.2 Å². The number of hydrogen-bond acceptors (Lipinski definition) is 5. The highest BCUT2D eigenvalue weighted by Gasteiger charge is 2.30. The van der Waals surface area contributed by atoms with Crippen molar-refractivity contribution in [1.29, 1.82) is 0 Å². The Morgan fingerprint density at radius 1 is 1.19 bits per heavy atom. The number of rotatable bonds is 6. The average molecular weight is 546 g/mol. The van der Waals surface area contributed by atoms with Crippen molar-refractivity contribution in [3.8, 4) is 11.6 Å². The van der Waals surface area contributed by atoms with Gasteiger partial charge in [0.2, 0.25) is 0 Å². The fourth-order valence-electron chi connectivity index (χ4n) is 2.71. The Hall–Kier alpha value is -2.70. The van der Waals surface area contributed by atoms with E-state index in [1.807, 2.05) is 6.07 Å². The molecule has 0 aliphatic rings. The van der Waals surface area contributed by atoms with Crippen molar-refractivity contribution >= 4 is 29.9 Å². The summed E-state index contributed by atoms with van der Waals surface area (Å²) < 4.78 is 44.0. The number of alkyl halides is 3. The molecule has 0 saturated carbocycles. The van der Waals surface area contributed by atoms with Crippen molar-refractivity contribution < 1.29 is 17.7 Å². The third-order valence-corrected chi connectivity index (χ3v) is 4.28. The molecular formula is C20H22F3IN6O. The predicted molar refractivity (Wildman–Crippen MR) is 121 cm³/mol. The van der Waals surface area contributed by atoms with Crippen LogP contribution in [0.5, 0.6) is 0 Å². The number of aliphatic imine (C=N–C) groups is 1. The minimum atomic E-state index is -4.38. The first-order chi connectivity index (χ1) is 14.4. The summed E-state index contributed by atoms with van der Waals surface area (Å²) in [5, 5.41) is 10.1. The topological polar surface area (TPSA) is 88.2 Å². The summed E-state index contributed by atoms with van der Waals surface area (Å²) in [7, 11) is 1.59. The summed E-state index contributed by atoms with van der Waals surface area (Å²) in [4.78, 5) is 12.6. The van der Waals surface area contributed by atoms with Crippen LogP contribution < -0.4 is 10.6 Å². The van der Waals surface area contributed by atoms with Crippen molar-refractivity contribution in [2.75, 3.05) is 13.6 Å². The molecule has 2 N–H and O–H groups in total. The largest absolute Gasteiger partial charge is 0.416 e. The van der Waals surface area contributed by atoms with E-state index in [9.17, 15) is 13.2 Å². The second-order valence-electron chi connectivity index (χ2n) is 6.47. The number of pyridine rings is 1. The van der Waals surface area contributed by atoms with Crippen molar-refractivity contribution in [3.63, 3.8) is 0 Å². The minimum Gasteiger partial charge on any atom is -0.356 e. The van der Waals surface area contributed by atoms with Gasteiger partial charge in [0.15, 0.2) is 11.8 Å². The van der Waals surface area contributed by atoms with E-state index in [0.717, 1.165) is 12.1 Å². The Kier molecular flexibility index (Phi) is 8.77.